The standard InChI is InChI=1S/C24H33Br2NO4/c1-14(28)30-16-6-8-22(3)18-7-9-23(10-11-27)19(4-5-21(23)31-15(2)29)17(18)12-20(25)24(22,26)13-16/h16-21H,4-10,12-13H2,1-3H3/t16-,17?,18?,19?,20?,21-,22+,23+,24?/m0/s1. The van der Waals surface area contributed by atoms with Gasteiger partial charge in [0.1, 0.15) is 12.2 Å². The molecule has 0 radical (unpaired) electrons. The zero-order valence-corrected chi connectivity index (χ0v) is 21.8. The molecule has 5 unspecified atom stereocenters. The van der Waals surface area contributed by atoms with E-state index >= 15 is 0 Å². The minimum absolute atomic E-state index is 0.0392. The van der Waals surface area contributed by atoms with Crippen LogP contribution in [0.25, 0.3) is 0 Å². The van der Waals surface area contributed by atoms with E-state index in [1.54, 1.807) is 0 Å². The quantitative estimate of drug-likeness (QED) is 0.329. The van der Waals surface area contributed by atoms with Gasteiger partial charge in [-0.15, -0.1) is 0 Å². The van der Waals surface area contributed by atoms with Crippen molar-refractivity contribution in [1.29, 1.82) is 5.26 Å². The Balaban J connectivity index is 1.64. The first-order chi connectivity index (χ1) is 14.6. The van der Waals surface area contributed by atoms with Gasteiger partial charge in [-0.05, 0) is 68.1 Å². The number of carbonyl (C=O) groups excluding carboxylic acids is 2. The third kappa shape index (κ3) is 3.59. The average molecular weight is 559 g/mol. The monoisotopic (exact) mass is 557 g/mol. The zero-order chi connectivity index (χ0) is 22.6. The van der Waals surface area contributed by atoms with Gasteiger partial charge < -0.3 is 9.47 Å². The third-order valence-electron chi connectivity index (χ3n) is 9.38. The van der Waals surface area contributed by atoms with Crippen LogP contribution in [-0.4, -0.2) is 33.3 Å². The highest BCUT2D eigenvalue weighted by Crippen LogP contribution is 2.71. The molecule has 5 nitrogen and oxygen atoms in total. The fourth-order valence-electron chi connectivity index (χ4n) is 8.10. The number of hydrogen-bond donors (Lipinski definition) is 0. The van der Waals surface area contributed by atoms with Crippen molar-refractivity contribution in [2.45, 2.75) is 99.9 Å². The lowest BCUT2D eigenvalue weighted by atomic mass is 9.44. The Morgan fingerprint density at radius 1 is 1.06 bits per heavy atom. The van der Waals surface area contributed by atoms with Gasteiger partial charge in [0.2, 0.25) is 0 Å². The Labute approximate surface area is 202 Å². The molecule has 0 aromatic heterocycles. The summed E-state index contributed by atoms with van der Waals surface area (Å²) in [6, 6.07) is 2.45. The van der Waals surface area contributed by atoms with Crippen molar-refractivity contribution in [2.24, 2.45) is 28.6 Å². The molecule has 0 N–H and O–H groups in total. The summed E-state index contributed by atoms with van der Waals surface area (Å²) in [7, 11) is 0. The highest BCUT2D eigenvalue weighted by molar-refractivity contribution is 9.12. The maximum atomic E-state index is 11.8. The van der Waals surface area contributed by atoms with Crippen molar-refractivity contribution in [1.82, 2.24) is 0 Å². The van der Waals surface area contributed by atoms with Crippen molar-refractivity contribution in [3.63, 3.8) is 0 Å². The topological polar surface area (TPSA) is 76.4 Å². The summed E-state index contributed by atoms with van der Waals surface area (Å²) in [5.41, 5.74) is -0.120. The van der Waals surface area contributed by atoms with Gasteiger partial charge in [0.25, 0.3) is 0 Å². The lowest BCUT2D eigenvalue weighted by Crippen LogP contribution is -2.65. The number of halogens is 2. The Hall–Kier alpha value is -0.610. The molecule has 172 valence electrons. The Bertz CT molecular complexity index is 799. The Morgan fingerprint density at radius 3 is 2.42 bits per heavy atom. The summed E-state index contributed by atoms with van der Waals surface area (Å²) in [4.78, 5) is 23.6. The minimum Gasteiger partial charge on any atom is -0.463 e. The highest BCUT2D eigenvalue weighted by Gasteiger charge is 2.68. The molecule has 31 heavy (non-hydrogen) atoms. The molecule has 4 aliphatic rings. The number of fused-ring (bicyclic) bond motifs is 5. The number of alkyl halides is 2. The molecule has 9 atom stereocenters. The first-order valence-corrected chi connectivity index (χ1v) is 13.3. The molecule has 0 aromatic rings. The van der Waals surface area contributed by atoms with E-state index < -0.39 is 0 Å². The van der Waals surface area contributed by atoms with Crippen LogP contribution in [-0.2, 0) is 19.1 Å². The average Bonchev–Trinajstić information content (AvgIpc) is 3.02. The molecule has 4 fully saturated rings. The number of carbonyl (C=O) groups is 2. The predicted octanol–water partition coefficient (Wildman–Crippen LogP) is 5.68. The number of ether oxygens (including phenoxy) is 2. The largest absolute Gasteiger partial charge is 0.463 e. The number of esters is 2. The zero-order valence-electron chi connectivity index (χ0n) is 18.7. The molecule has 0 amide bonds. The molecule has 4 rings (SSSR count). The van der Waals surface area contributed by atoms with Crippen LogP contribution < -0.4 is 0 Å². The van der Waals surface area contributed by atoms with Crippen molar-refractivity contribution < 1.29 is 19.1 Å². The maximum absolute atomic E-state index is 11.8. The van der Waals surface area contributed by atoms with Crippen LogP contribution in [0.3, 0.4) is 0 Å². The van der Waals surface area contributed by atoms with E-state index in [0.29, 0.717) is 24.2 Å². The second kappa shape index (κ2) is 8.31. The van der Waals surface area contributed by atoms with Crippen LogP contribution in [0.2, 0.25) is 0 Å². The normalized spacial score (nSPS) is 48.5. The van der Waals surface area contributed by atoms with Crippen LogP contribution in [0, 0.1) is 39.9 Å². The molecule has 0 saturated heterocycles. The lowest BCUT2D eigenvalue weighted by Gasteiger charge is -2.65. The van der Waals surface area contributed by atoms with Gasteiger partial charge in [-0.25, -0.2) is 0 Å². The fraction of sp³-hybridized carbons (Fsp3) is 0.875. The van der Waals surface area contributed by atoms with Gasteiger partial charge >= 0.3 is 11.9 Å². The highest BCUT2D eigenvalue weighted by atomic mass is 79.9. The molecule has 4 saturated carbocycles. The summed E-state index contributed by atoms with van der Waals surface area (Å²) in [6.45, 7) is 5.40. The molecule has 0 bridgehead atoms. The van der Waals surface area contributed by atoms with Crippen molar-refractivity contribution in [3.05, 3.63) is 0 Å². The molecule has 7 heteroatoms. The van der Waals surface area contributed by atoms with Crippen LogP contribution in [0.4, 0.5) is 0 Å². The second-order valence-electron chi connectivity index (χ2n) is 10.6. The van der Waals surface area contributed by atoms with Crippen LogP contribution in [0.5, 0.6) is 0 Å². The summed E-state index contributed by atoms with van der Waals surface area (Å²) in [5, 5.41) is 9.69. The summed E-state index contributed by atoms with van der Waals surface area (Å²) in [5.74, 6) is 1.03. The van der Waals surface area contributed by atoms with Gasteiger partial charge in [-0.2, -0.15) is 5.26 Å². The molecule has 0 spiro atoms. The van der Waals surface area contributed by atoms with Crippen LogP contribution >= 0.6 is 31.9 Å². The van der Waals surface area contributed by atoms with E-state index in [-0.39, 0.29) is 44.1 Å². The SMILES string of the molecule is CC(=O)O[C@H]1CC[C@]2(C)C3CC[C@@]4(CC#N)C(CC[C@@H]4OC(C)=O)C3CC(Br)C2(Br)C1. The smallest absolute Gasteiger partial charge is 0.302 e. The number of nitrogens with zero attached hydrogens (tertiary/aromatic N) is 1. The number of hydrogen-bond acceptors (Lipinski definition) is 5. The first-order valence-electron chi connectivity index (χ1n) is 11.6. The summed E-state index contributed by atoms with van der Waals surface area (Å²) >= 11 is 8.24. The predicted molar refractivity (Wildman–Crippen MR) is 124 cm³/mol. The van der Waals surface area contributed by atoms with E-state index in [9.17, 15) is 14.9 Å². The molecule has 4 aliphatic carbocycles. The molecule has 0 heterocycles. The molecule has 0 aromatic carbocycles. The molecular weight excluding hydrogens is 526 g/mol. The van der Waals surface area contributed by atoms with E-state index in [4.69, 9.17) is 9.47 Å². The van der Waals surface area contributed by atoms with Crippen LogP contribution in [0.1, 0.15) is 78.6 Å². The van der Waals surface area contributed by atoms with Crippen molar-refractivity contribution in [2.75, 3.05) is 0 Å². The molecule has 0 aliphatic heterocycles. The van der Waals surface area contributed by atoms with Crippen molar-refractivity contribution in [3.8, 4) is 6.07 Å². The van der Waals surface area contributed by atoms with E-state index in [0.717, 1.165) is 51.4 Å². The van der Waals surface area contributed by atoms with Gasteiger partial charge in [0.15, 0.2) is 0 Å². The number of nitriles is 1. The van der Waals surface area contributed by atoms with Gasteiger partial charge in [0.05, 0.1) is 6.07 Å². The van der Waals surface area contributed by atoms with E-state index in [1.807, 2.05) is 0 Å². The van der Waals surface area contributed by atoms with E-state index in [2.05, 4.69) is 44.9 Å². The third-order valence-corrected chi connectivity index (χ3v) is 12.9. The first kappa shape index (κ1) is 23.5. The fourth-order valence-corrected chi connectivity index (χ4v) is 10.3. The van der Waals surface area contributed by atoms with Crippen LogP contribution in [0.15, 0.2) is 0 Å². The Kier molecular flexibility index (Phi) is 6.31. The lowest BCUT2D eigenvalue weighted by molar-refractivity contribution is -0.164. The van der Waals surface area contributed by atoms with Gasteiger partial charge in [-0.1, -0.05) is 38.8 Å². The molecular formula is C24H33Br2NO4. The van der Waals surface area contributed by atoms with Gasteiger partial charge in [-0.3, -0.25) is 9.59 Å². The van der Waals surface area contributed by atoms with Gasteiger partial charge in [0, 0.05) is 41.3 Å². The van der Waals surface area contributed by atoms with E-state index in [1.165, 1.54) is 13.8 Å². The second-order valence-corrected chi connectivity index (χ2v) is 13.1. The minimum atomic E-state index is -0.234. The maximum Gasteiger partial charge on any atom is 0.302 e. The summed E-state index contributed by atoms with van der Waals surface area (Å²) < 4.78 is 11.3. The Morgan fingerprint density at radius 2 is 1.77 bits per heavy atom. The summed E-state index contributed by atoms with van der Waals surface area (Å²) in [6.07, 6.45) is 7.98. The van der Waals surface area contributed by atoms with Crippen molar-refractivity contribution >= 4 is 43.8 Å². The number of rotatable bonds is 3.